The summed E-state index contributed by atoms with van der Waals surface area (Å²) in [5.41, 5.74) is 0.615. The van der Waals surface area contributed by atoms with Gasteiger partial charge in [-0.1, -0.05) is 29.8 Å². The van der Waals surface area contributed by atoms with Crippen molar-refractivity contribution < 1.29 is 19.8 Å². The first-order chi connectivity index (χ1) is 9.00. The number of aliphatic hydroxyl groups is 1. The average molecular weight is 282 g/mol. The highest BCUT2D eigenvalue weighted by Gasteiger charge is 2.33. The van der Waals surface area contributed by atoms with Crippen LogP contribution < -0.4 is 0 Å². The van der Waals surface area contributed by atoms with E-state index < -0.39 is 17.6 Å². The van der Waals surface area contributed by atoms with Gasteiger partial charge >= 0.3 is 5.97 Å². The van der Waals surface area contributed by atoms with Gasteiger partial charge in [-0.3, -0.25) is 4.79 Å². The van der Waals surface area contributed by atoms with Crippen LogP contribution in [-0.4, -0.2) is 40.1 Å². The van der Waals surface area contributed by atoms with E-state index in [1.54, 1.807) is 6.07 Å². The number of nitrogens with zero attached hydrogens (tertiary/aromatic N) is 1. The molecule has 0 bridgehead atoms. The lowest BCUT2D eigenvalue weighted by Gasteiger charge is -2.16. The summed E-state index contributed by atoms with van der Waals surface area (Å²) in [4.78, 5) is 23.8. The Bertz CT molecular complexity index is 568. The van der Waals surface area contributed by atoms with Crippen LogP contribution in [0.3, 0.4) is 0 Å². The number of benzene rings is 1. The summed E-state index contributed by atoms with van der Waals surface area (Å²) in [5.74, 6) is -2.60. The molecule has 0 radical (unpaired) electrons. The van der Waals surface area contributed by atoms with Crippen LogP contribution in [0.25, 0.3) is 0 Å². The van der Waals surface area contributed by atoms with Gasteiger partial charge in [0.25, 0.3) is 5.91 Å². The molecule has 19 heavy (non-hydrogen) atoms. The highest BCUT2D eigenvalue weighted by molar-refractivity contribution is 6.31. The number of carboxylic acid groups (broad SMARTS) is 1. The van der Waals surface area contributed by atoms with Crippen molar-refractivity contribution in [2.75, 3.05) is 13.1 Å². The predicted molar refractivity (Wildman–Crippen MR) is 69.0 cm³/mol. The third-order valence-corrected chi connectivity index (χ3v) is 3.36. The van der Waals surface area contributed by atoms with Crippen molar-refractivity contribution in [3.05, 3.63) is 46.2 Å². The standard InChI is InChI=1S/C13H12ClNO4/c14-10-4-2-1-3-8(10)5-6-15-7-9(13(18)19)11(16)12(15)17/h1-4,16H,5-7H2,(H,18,19). The Morgan fingerprint density at radius 3 is 2.63 bits per heavy atom. The SMILES string of the molecule is O=C(O)C1=C(O)C(=O)N(CCc2ccccc2Cl)C1. The zero-order valence-corrected chi connectivity index (χ0v) is 10.7. The van der Waals surface area contributed by atoms with Gasteiger partial charge in [-0.15, -0.1) is 0 Å². The molecule has 1 aliphatic rings. The molecule has 6 heteroatoms. The van der Waals surface area contributed by atoms with Gasteiger partial charge < -0.3 is 15.1 Å². The highest BCUT2D eigenvalue weighted by Crippen LogP contribution is 2.20. The third-order valence-electron chi connectivity index (χ3n) is 2.99. The summed E-state index contributed by atoms with van der Waals surface area (Å²) < 4.78 is 0. The van der Waals surface area contributed by atoms with Gasteiger partial charge in [-0.2, -0.15) is 0 Å². The van der Waals surface area contributed by atoms with E-state index in [1.807, 2.05) is 18.2 Å². The number of carboxylic acids is 1. The number of carbonyl (C=O) groups is 2. The zero-order chi connectivity index (χ0) is 14.0. The van der Waals surface area contributed by atoms with Crippen LogP contribution in [0.15, 0.2) is 35.6 Å². The highest BCUT2D eigenvalue weighted by atomic mass is 35.5. The minimum Gasteiger partial charge on any atom is -0.503 e. The van der Waals surface area contributed by atoms with Gasteiger partial charge in [-0.25, -0.2) is 4.79 Å². The first-order valence-electron chi connectivity index (χ1n) is 5.68. The van der Waals surface area contributed by atoms with Crippen LogP contribution in [0.1, 0.15) is 5.56 Å². The van der Waals surface area contributed by atoms with E-state index in [-0.39, 0.29) is 12.1 Å². The van der Waals surface area contributed by atoms with Crippen molar-refractivity contribution in [2.24, 2.45) is 0 Å². The summed E-state index contributed by atoms with van der Waals surface area (Å²) in [6.07, 6.45) is 0.506. The molecule has 0 unspecified atom stereocenters. The number of amides is 1. The molecule has 5 nitrogen and oxygen atoms in total. The fourth-order valence-corrected chi connectivity index (χ4v) is 2.15. The fraction of sp³-hybridized carbons (Fsp3) is 0.231. The first-order valence-corrected chi connectivity index (χ1v) is 6.06. The average Bonchev–Trinajstić information content (AvgIpc) is 2.66. The van der Waals surface area contributed by atoms with Crippen molar-refractivity contribution in [2.45, 2.75) is 6.42 Å². The number of carbonyl (C=O) groups excluding carboxylic acids is 1. The van der Waals surface area contributed by atoms with Gasteiger partial charge in [0.1, 0.15) is 5.57 Å². The molecule has 2 rings (SSSR count). The summed E-state index contributed by atoms with van der Waals surface area (Å²) in [5, 5.41) is 18.9. The maximum atomic E-state index is 11.6. The molecule has 0 fully saturated rings. The van der Waals surface area contributed by atoms with Crippen LogP contribution in [0.4, 0.5) is 0 Å². The molecular weight excluding hydrogens is 270 g/mol. The number of aliphatic hydroxyl groups excluding tert-OH is 1. The molecule has 0 spiro atoms. The smallest absolute Gasteiger partial charge is 0.337 e. The molecule has 0 saturated heterocycles. The van der Waals surface area contributed by atoms with E-state index in [4.69, 9.17) is 16.7 Å². The minimum atomic E-state index is -1.27. The Balaban J connectivity index is 2.02. The van der Waals surface area contributed by atoms with Gasteiger partial charge in [0.15, 0.2) is 5.76 Å². The lowest BCUT2D eigenvalue weighted by molar-refractivity contribution is -0.133. The lowest BCUT2D eigenvalue weighted by Crippen LogP contribution is -2.29. The number of halogens is 1. The molecule has 1 aromatic carbocycles. The van der Waals surface area contributed by atoms with E-state index >= 15 is 0 Å². The Morgan fingerprint density at radius 1 is 1.37 bits per heavy atom. The number of hydrogen-bond donors (Lipinski definition) is 2. The maximum absolute atomic E-state index is 11.6. The van der Waals surface area contributed by atoms with E-state index in [9.17, 15) is 14.7 Å². The Morgan fingerprint density at radius 2 is 2.05 bits per heavy atom. The van der Waals surface area contributed by atoms with Crippen molar-refractivity contribution in [3.63, 3.8) is 0 Å². The summed E-state index contributed by atoms with van der Waals surface area (Å²) >= 11 is 6.00. The third kappa shape index (κ3) is 2.71. The Kier molecular flexibility index (Phi) is 3.76. The molecule has 0 saturated carbocycles. The van der Waals surface area contributed by atoms with E-state index in [1.165, 1.54) is 4.90 Å². The van der Waals surface area contributed by atoms with Crippen molar-refractivity contribution >= 4 is 23.5 Å². The monoisotopic (exact) mass is 281 g/mol. The van der Waals surface area contributed by atoms with E-state index in [2.05, 4.69) is 0 Å². The molecule has 0 aromatic heterocycles. The van der Waals surface area contributed by atoms with Crippen LogP contribution in [0.2, 0.25) is 5.02 Å². The largest absolute Gasteiger partial charge is 0.503 e. The van der Waals surface area contributed by atoms with Gasteiger partial charge in [0.2, 0.25) is 0 Å². The Hall–Kier alpha value is -2.01. The molecule has 1 aliphatic heterocycles. The van der Waals surface area contributed by atoms with Crippen LogP contribution in [-0.2, 0) is 16.0 Å². The lowest BCUT2D eigenvalue weighted by atomic mass is 10.1. The van der Waals surface area contributed by atoms with Crippen LogP contribution in [0, 0.1) is 0 Å². The summed E-state index contributed by atoms with van der Waals surface area (Å²) in [6.45, 7) is 0.230. The maximum Gasteiger partial charge on any atom is 0.337 e. The molecule has 100 valence electrons. The van der Waals surface area contributed by atoms with E-state index in [0.717, 1.165) is 5.56 Å². The molecule has 1 amide bonds. The first kappa shape index (κ1) is 13.4. The fourth-order valence-electron chi connectivity index (χ4n) is 1.92. The zero-order valence-electron chi connectivity index (χ0n) is 9.97. The molecular formula is C13H12ClNO4. The second-order valence-corrected chi connectivity index (χ2v) is 4.61. The second-order valence-electron chi connectivity index (χ2n) is 4.20. The van der Waals surface area contributed by atoms with Gasteiger partial charge in [0, 0.05) is 11.6 Å². The molecule has 0 atom stereocenters. The molecule has 0 aliphatic carbocycles. The number of rotatable bonds is 4. The quantitative estimate of drug-likeness (QED) is 0.879. The Labute approximate surface area is 114 Å². The summed E-state index contributed by atoms with van der Waals surface area (Å²) in [6, 6.07) is 7.24. The van der Waals surface area contributed by atoms with Gasteiger partial charge in [-0.05, 0) is 18.1 Å². The van der Waals surface area contributed by atoms with Gasteiger partial charge in [0.05, 0.1) is 6.54 Å². The topological polar surface area (TPSA) is 77.8 Å². The van der Waals surface area contributed by atoms with Crippen molar-refractivity contribution in [3.8, 4) is 0 Å². The van der Waals surface area contributed by atoms with Crippen molar-refractivity contribution in [1.29, 1.82) is 0 Å². The second kappa shape index (κ2) is 5.32. The predicted octanol–water partition coefficient (Wildman–Crippen LogP) is 1.62. The molecule has 1 aromatic rings. The van der Waals surface area contributed by atoms with Crippen LogP contribution >= 0.6 is 11.6 Å². The number of aliphatic carboxylic acids is 1. The number of hydrogen-bond acceptors (Lipinski definition) is 3. The summed E-state index contributed by atoms with van der Waals surface area (Å²) in [7, 11) is 0. The minimum absolute atomic E-state index is 0.0789. The van der Waals surface area contributed by atoms with Crippen molar-refractivity contribution in [1.82, 2.24) is 4.90 Å². The van der Waals surface area contributed by atoms with E-state index in [0.29, 0.717) is 18.0 Å². The molecule has 2 N–H and O–H groups in total. The molecule has 1 heterocycles. The normalized spacial score (nSPS) is 15.2. The van der Waals surface area contributed by atoms with Crippen LogP contribution in [0.5, 0.6) is 0 Å².